The Balaban J connectivity index is 2.02. The molecule has 1 fully saturated rings. The van der Waals surface area contributed by atoms with E-state index in [0.717, 1.165) is 5.69 Å². The van der Waals surface area contributed by atoms with Crippen molar-refractivity contribution in [2.75, 3.05) is 31.8 Å². The summed E-state index contributed by atoms with van der Waals surface area (Å²) in [6.07, 6.45) is -0.0961. The standard InChI is InChI=1S/C14H22N4O3/c1-9(2)12-5-10(6-13(17-12)18-15)14(19)16-7-11-8-20-3-4-21-11/h5-6,9,11H,3-4,7-8,15H2,1-2H3,(H,16,19)(H,17,18). The van der Waals surface area contributed by atoms with Gasteiger partial charge in [0.15, 0.2) is 0 Å². The topological polar surface area (TPSA) is 98.5 Å². The first-order valence-electron chi connectivity index (χ1n) is 7.06. The molecule has 1 saturated heterocycles. The summed E-state index contributed by atoms with van der Waals surface area (Å²) in [4.78, 5) is 16.5. The summed E-state index contributed by atoms with van der Waals surface area (Å²) >= 11 is 0. The lowest BCUT2D eigenvalue weighted by Gasteiger charge is -2.23. The minimum atomic E-state index is -0.176. The summed E-state index contributed by atoms with van der Waals surface area (Å²) in [6.45, 7) is 6.12. The monoisotopic (exact) mass is 294 g/mol. The van der Waals surface area contributed by atoms with Crippen LogP contribution in [-0.4, -0.2) is 43.4 Å². The van der Waals surface area contributed by atoms with Crippen LogP contribution in [0.2, 0.25) is 0 Å². The van der Waals surface area contributed by atoms with E-state index in [-0.39, 0.29) is 17.9 Å². The van der Waals surface area contributed by atoms with E-state index in [0.29, 0.717) is 37.7 Å². The van der Waals surface area contributed by atoms with Gasteiger partial charge in [-0.05, 0) is 18.1 Å². The van der Waals surface area contributed by atoms with Gasteiger partial charge in [-0.2, -0.15) is 0 Å². The van der Waals surface area contributed by atoms with Gasteiger partial charge in [0.1, 0.15) is 5.82 Å². The number of hydrogen-bond donors (Lipinski definition) is 3. The summed E-state index contributed by atoms with van der Waals surface area (Å²) in [5.74, 6) is 5.91. The molecule has 1 unspecified atom stereocenters. The van der Waals surface area contributed by atoms with Crippen molar-refractivity contribution >= 4 is 11.7 Å². The number of aromatic nitrogens is 1. The molecular formula is C14H22N4O3. The van der Waals surface area contributed by atoms with Gasteiger partial charge in [0.25, 0.3) is 5.91 Å². The first-order chi connectivity index (χ1) is 10.1. The van der Waals surface area contributed by atoms with Crippen molar-refractivity contribution in [1.29, 1.82) is 0 Å². The molecule has 0 saturated carbocycles. The molecule has 1 aliphatic heterocycles. The molecule has 0 bridgehead atoms. The number of anilines is 1. The highest BCUT2D eigenvalue weighted by Crippen LogP contribution is 2.17. The molecule has 1 aliphatic rings. The molecule has 116 valence electrons. The number of amides is 1. The number of pyridine rings is 1. The van der Waals surface area contributed by atoms with Gasteiger partial charge in [-0.15, -0.1) is 0 Å². The maximum absolute atomic E-state index is 12.2. The summed E-state index contributed by atoms with van der Waals surface area (Å²) in [5, 5.41) is 2.85. The number of ether oxygens (including phenoxy) is 2. The van der Waals surface area contributed by atoms with Crippen LogP contribution >= 0.6 is 0 Å². The van der Waals surface area contributed by atoms with E-state index in [4.69, 9.17) is 15.3 Å². The van der Waals surface area contributed by atoms with Crippen molar-refractivity contribution < 1.29 is 14.3 Å². The van der Waals surface area contributed by atoms with Crippen LogP contribution in [0.3, 0.4) is 0 Å². The predicted molar refractivity (Wildman–Crippen MR) is 79.0 cm³/mol. The molecule has 0 aliphatic carbocycles. The quantitative estimate of drug-likeness (QED) is 0.544. The minimum Gasteiger partial charge on any atom is -0.376 e. The van der Waals surface area contributed by atoms with E-state index in [1.165, 1.54) is 0 Å². The van der Waals surface area contributed by atoms with E-state index in [9.17, 15) is 4.79 Å². The highest BCUT2D eigenvalue weighted by Gasteiger charge is 2.17. The fourth-order valence-electron chi connectivity index (χ4n) is 2.02. The largest absolute Gasteiger partial charge is 0.376 e. The fraction of sp³-hybridized carbons (Fsp3) is 0.571. The van der Waals surface area contributed by atoms with Gasteiger partial charge in [0.2, 0.25) is 0 Å². The van der Waals surface area contributed by atoms with Crippen LogP contribution in [-0.2, 0) is 9.47 Å². The van der Waals surface area contributed by atoms with Crippen LogP contribution in [0.25, 0.3) is 0 Å². The van der Waals surface area contributed by atoms with E-state index in [1.54, 1.807) is 12.1 Å². The molecule has 4 N–H and O–H groups in total. The zero-order chi connectivity index (χ0) is 15.2. The molecule has 7 nitrogen and oxygen atoms in total. The molecule has 0 radical (unpaired) electrons. The van der Waals surface area contributed by atoms with Gasteiger partial charge >= 0.3 is 0 Å². The third kappa shape index (κ3) is 4.38. The average molecular weight is 294 g/mol. The molecule has 1 aromatic heterocycles. The second-order valence-corrected chi connectivity index (χ2v) is 5.24. The molecule has 0 spiro atoms. The van der Waals surface area contributed by atoms with Crippen molar-refractivity contribution in [3.8, 4) is 0 Å². The van der Waals surface area contributed by atoms with Gasteiger partial charge in [-0.25, -0.2) is 10.8 Å². The Kier molecular flexibility index (Phi) is 5.49. The van der Waals surface area contributed by atoms with Gasteiger partial charge in [-0.3, -0.25) is 4.79 Å². The first kappa shape index (κ1) is 15.7. The van der Waals surface area contributed by atoms with Crippen LogP contribution in [0, 0.1) is 0 Å². The highest BCUT2D eigenvalue weighted by atomic mass is 16.6. The van der Waals surface area contributed by atoms with Crippen molar-refractivity contribution in [3.63, 3.8) is 0 Å². The molecule has 2 rings (SSSR count). The third-order valence-electron chi connectivity index (χ3n) is 3.22. The minimum absolute atomic E-state index is 0.0961. The maximum atomic E-state index is 12.2. The van der Waals surface area contributed by atoms with Crippen molar-refractivity contribution in [2.24, 2.45) is 5.84 Å². The van der Waals surface area contributed by atoms with Crippen LogP contribution in [0.1, 0.15) is 35.8 Å². The Morgan fingerprint density at radius 3 is 2.90 bits per heavy atom. The van der Waals surface area contributed by atoms with E-state index >= 15 is 0 Å². The van der Waals surface area contributed by atoms with Crippen LogP contribution in [0.15, 0.2) is 12.1 Å². The van der Waals surface area contributed by atoms with Crippen LogP contribution in [0.4, 0.5) is 5.82 Å². The van der Waals surface area contributed by atoms with Crippen molar-refractivity contribution in [3.05, 3.63) is 23.4 Å². The molecule has 0 aromatic carbocycles. The Morgan fingerprint density at radius 1 is 1.48 bits per heavy atom. The Morgan fingerprint density at radius 2 is 2.29 bits per heavy atom. The lowest BCUT2D eigenvalue weighted by Crippen LogP contribution is -2.39. The molecule has 21 heavy (non-hydrogen) atoms. The van der Waals surface area contributed by atoms with E-state index in [1.807, 2.05) is 13.8 Å². The number of carbonyl (C=O) groups is 1. The number of nitrogens with two attached hydrogens (primary N) is 1. The Bertz CT molecular complexity index is 487. The van der Waals surface area contributed by atoms with Gasteiger partial charge in [-0.1, -0.05) is 13.8 Å². The average Bonchev–Trinajstić information content (AvgIpc) is 2.53. The molecule has 1 amide bonds. The van der Waals surface area contributed by atoms with Crippen LogP contribution in [0.5, 0.6) is 0 Å². The normalized spacial score (nSPS) is 18.6. The molecule has 2 heterocycles. The first-order valence-corrected chi connectivity index (χ1v) is 7.06. The molecule has 7 heteroatoms. The van der Waals surface area contributed by atoms with E-state index < -0.39 is 0 Å². The lowest BCUT2D eigenvalue weighted by molar-refractivity contribution is -0.0855. The number of nitrogen functional groups attached to an aromatic ring is 1. The highest BCUT2D eigenvalue weighted by molar-refractivity contribution is 5.95. The molecule has 1 atom stereocenters. The summed E-state index contributed by atoms with van der Waals surface area (Å²) < 4.78 is 10.8. The second kappa shape index (κ2) is 7.35. The number of nitrogens with one attached hydrogen (secondary N) is 2. The summed E-state index contributed by atoms with van der Waals surface area (Å²) in [6, 6.07) is 3.40. The number of hydrazine groups is 1. The van der Waals surface area contributed by atoms with Crippen LogP contribution < -0.4 is 16.6 Å². The van der Waals surface area contributed by atoms with Gasteiger partial charge in [0.05, 0.1) is 25.9 Å². The van der Waals surface area contributed by atoms with Gasteiger partial charge < -0.3 is 20.2 Å². The maximum Gasteiger partial charge on any atom is 0.251 e. The van der Waals surface area contributed by atoms with Gasteiger partial charge in [0, 0.05) is 17.8 Å². The summed E-state index contributed by atoms with van der Waals surface area (Å²) in [7, 11) is 0. The smallest absolute Gasteiger partial charge is 0.251 e. The Labute approximate surface area is 124 Å². The number of rotatable bonds is 5. The third-order valence-corrected chi connectivity index (χ3v) is 3.22. The predicted octanol–water partition coefficient (Wildman–Crippen LogP) is 0.636. The second-order valence-electron chi connectivity index (χ2n) is 5.24. The zero-order valence-corrected chi connectivity index (χ0v) is 12.4. The lowest BCUT2D eigenvalue weighted by atomic mass is 10.1. The van der Waals surface area contributed by atoms with E-state index in [2.05, 4.69) is 15.7 Å². The fourth-order valence-corrected chi connectivity index (χ4v) is 2.02. The SMILES string of the molecule is CC(C)c1cc(C(=O)NCC2COCCO2)cc(NN)n1. The number of carbonyl (C=O) groups excluding carboxylic acids is 1. The zero-order valence-electron chi connectivity index (χ0n) is 12.4. The van der Waals surface area contributed by atoms with Crippen molar-refractivity contribution in [1.82, 2.24) is 10.3 Å². The number of nitrogens with zero attached hydrogens (tertiary/aromatic N) is 1. The molecule has 1 aromatic rings. The Hall–Kier alpha value is -1.70. The number of hydrogen-bond acceptors (Lipinski definition) is 6. The molecular weight excluding hydrogens is 272 g/mol. The van der Waals surface area contributed by atoms with Crippen molar-refractivity contribution in [2.45, 2.75) is 25.9 Å². The summed E-state index contributed by atoms with van der Waals surface area (Å²) in [5.41, 5.74) is 3.83.